The molecule has 31 heavy (non-hydrogen) atoms. The van der Waals surface area contributed by atoms with Crippen LogP contribution in [-0.2, 0) is 10.2 Å². The first-order valence-corrected chi connectivity index (χ1v) is 11.7. The average Bonchev–Trinajstić information content (AvgIpc) is 3.18. The van der Waals surface area contributed by atoms with Crippen molar-refractivity contribution in [2.24, 2.45) is 16.3 Å². The summed E-state index contributed by atoms with van der Waals surface area (Å²) in [6.45, 7) is 14.5. The lowest BCUT2D eigenvalue weighted by molar-refractivity contribution is -0.106. The Bertz CT molecular complexity index is 763. The van der Waals surface area contributed by atoms with Crippen molar-refractivity contribution >= 4 is 35.6 Å². The van der Waals surface area contributed by atoms with Crippen molar-refractivity contribution < 1.29 is 4.74 Å². The predicted octanol–water partition coefficient (Wildman–Crippen LogP) is 4.55. The van der Waals surface area contributed by atoms with E-state index in [2.05, 4.69) is 79.4 Å². The first-order valence-electron chi connectivity index (χ1n) is 11.7. The third-order valence-corrected chi connectivity index (χ3v) is 7.55. The van der Waals surface area contributed by atoms with Crippen molar-refractivity contribution in [1.29, 1.82) is 0 Å². The van der Waals surface area contributed by atoms with Crippen LogP contribution in [0.15, 0.2) is 29.3 Å². The summed E-state index contributed by atoms with van der Waals surface area (Å²) in [6, 6.07) is 10.1. The topological polar surface area (TPSA) is 48.9 Å². The zero-order valence-electron chi connectivity index (χ0n) is 20.1. The lowest BCUT2D eigenvalue weighted by Gasteiger charge is -2.55. The van der Waals surface area contributed by atoms with Gasteiger partial charge in [0.05, 0.1) is 6.10 Å². The molecule has 2 aliphatic heterocycles. The number of nitrogens with one attached hydrogen (secondary N) is 2. The smallest absolute Gasteiger partial charge is 0.191 e. The van der Waals surface area contributed by atoms with E-state index >= 15 is 0 Å². The molecule has 3 fully saturated rings. The maximum absolute atomic E-state index is 5.94. The summed E-state index contributed by atoms with van der Waals surface area (Å²) in [5.41, 5.74) is 3.11. The van der Waals surface area contributed by atoms with Gasteiger partial charge in [-0.25, -0.2) is 0 Å². The number of hydrogen-bond donors (Lipinski definition) is 2. The van der Waals surface area contributed by atoms with E-state index in [0.717, 1.165) is 44.9 Å². The third kappa shape index (κ3) is 5.00. The molecular formula is C25H41IN4O. The quantitative estimate of drug-likeness (QED) is 0.336. The molecule has 1 aliphatic carbocycles. The van der Waals surface area contributed by atoms with Crippen LogP contribution in [0.25, 0.3) is 0 Å². The number of halogens is 1. The van der Waals surface area contributed by atoms with Crippen molar-refractivity contribution in [2.45, 2.75) is 77.5 Å². The Morgan fingerprint density at radius 2 is 1.71 bits per heavy atom. The fraction of sp³-hybridized carbons (Fsp3) is 0.720. The highest BCUT2D eigenvalue weighted by Crippen LogP contribution is 2.52. The number of guanidine groups is 1. The summed E-state index contributed by atoms with van der Waals surface area (Å²) >= 11 is 0. The summed E-state index contributed by atoms with van der Waals surface area (Å²) in [6.07, 6.45) is 3.83. The summed E-state index contributed by atoms with van der Waals surface area (Å²) in [5, 5.41) is 7.42. The molecule has 1 aromatic carbocycles. The van der Waals surface area contributed by atoms with E-state index in [-0.39, 0.29) is 34.8 Å². The van der Waals surface area contributed by atoms with E-state index in [0.29, 0.717) is 24.1 Å². The lowest BCUT2D eigenvalue weighted by atomic mass is 9.57. The minimum Gasteiger partial charge on any atom is -0.377 e. The molecule has 2 N–H and O–H groups in total. The summed E-state index contributed by atoms with van der Waals surface area (Å²) in [5.74, 6) is 1.57. The van der Waals surface area contributed by atoms with Crippen LogP contribution >= 0.6 is 24.0 Å². The Kier molecular flexibility index (Phi) is 7.51. The molecule has 1 saturated carbocycles. The number of benzene rings is 1. The Hall–Kier alpha value is -1.02. The summed E-state index contributed by atoms with van der Waals surface area (Å²) < 4.78 is 5.94. The normalized spacial score (nSPS) is 28.4. The SMILES string of the molecule is CN=C(NC1CCN(c2ccc(C(C)(C)C)cc2)CC1)NC1C2CCOC2C1(C)C.I. The van der Waals surface area contributed by atoms with Gasteiger partial charge in [-0.2, -0.15) is 0 Å². The molecule has 0 bridgehead atoms. The highest BCUT2D eigenvalue weighted by molar-refractivity contribution is 14.0. The molecule has 5 nitrogen and oxygen atoms in total. The van der Waals surface area contributed by atoms with Crippen LogP contribution in [0.5, 0.6) is 0 Å². The lowest BCUT2D eigenvalue weighted by Crippen LogP contribution is -2.68. The van der Waals surface area contributed by atoms with Crippen LogP contribution in [0.1, 0.15) is 59.4 Å². The van der Waals surface area contributed by atoms with E-state index in [4.69, 9.17) is 4.74 Å². The minimum absolute atomic E-state index is 0. The van der Waals surface area contributed by atoms with Crippen LogP contribution in [0, 0.1) is 11.3 Å². The van der Waals surface area contributed by atoms with Crippen LogP contribution < -0.4 is 15.5 Å². The third-order valence-electron chi connectivity index (χ3n) is 7.55. The van der Waals surface area contributed by atoms with Crippen LogP contribution in [0.3, 0.4) is 0 Å². The van der Waals surface area contributed by atoms with Gasteiger partial charge in [-0.15, -0.1) is 24.0 Å². The highest BCUT2D eigenvalue weighted by atomic mass is 127. The number of aliphatic imine (C=N–C) groups is 1. The van der Waals surface area contributed by atoms with Gasteiger partial charge in [-0.05, 0) is 42.4 Å². The first-order chi connectivity index (χ1) is 14.2. The van der Waals surface area contributed by atoms with Gasteiger partial charge in [0.15, 0.2) is 5.96 Å². The second-order valence-electron chi connectivity index (χ2n) is 11.0. The Balaban J connectivity index is 0.00000272. The Morgan fingerprint density at radius 1 is 1.06 bits per heavy atom. The number of nitrogens with zero attached hydrogens (tertiary/aromatic N) is 2. The van der Waals surface area contributed by atoms with Crippen molar-refractivity contribution in [1.82, 2.24) is 10.6 Å². The fourth-order valence-electron chi connectivity index (χ4n) is 5.58. The molecule has 3 unspecified atom stereocenters. The minimum atomic E-state index is 0. The highest BCUT2D eigenvalue weighted by Gasteiger charge is 2.59. The molecule has 1 aromatic rings. The second-order valence-corrected chi connectivity index (χ2v) is 11.0. The van der Waals surface area contributed by atoms with E-state index in [1.807, 2.05) is 7.05 Å². The van der Waals surface area contributed by atoms with Gasteiger partial charge in [0.1, 0.15) is 0 Å². The van der Waals surface area contributed by atoms with Gasteiger partial charge in [0, 0.05) is 55.8 Å². The van der Waals surface area contributed by atoms with E-state index in [9.17, 15) is 0 Å². The van der Waals surface area contributed by atoms with E-state index in [1.54, 1.807) is 0 Å². The Labute approximate surface area is 205 Å². The fourth-order valence-corrected chi connectivity index (χ4v) is 5.58. The second kappa shape index (κ2) is 9.46. The predicted molar refractivity (Wildman–Crippen MR) is 141 cm³/mol. The number of fused-ring (bicyclic) bond motifs is 1. The maximum Gasteiger partial charge on any atom is 0.191 e. The maximum atomic E-state index is 5.94. The molecule has 0 radical (unpaired) electrons. The number of hydrogen-bond acceptors (Lipinski definition) is 3. The van der Waals surface area contributed by atoms with Crippen molar-refractivity contribution in [3.63, 3.8) is 0 Å². The Morgan fingerprint density at radius 3 is 2.29 bits per heavy atom. The first kappa shape index (κ1) is 24.6. The van der Waals surface area contributed by atoms with E-state index < -0.39 is 0 Å². The van der Waals surface area contributed by atoms with Crippen molar-refractivity contribution in [2.75, 3.05) is 31.6 Å². The van der Waals surface area contributed by atoms with Gasteiger partial charge < -0.3 is 20.3 Å². The molecule has 174 valence electrons. The summed E-state index contributed by atoms with van der Waals surface area (Å²) in [4.78, 5) is 7.04. The molecule has 4 rings (SSSR count). The number of piperidine rings is 1. The number of anilines is 1. The zero-order chi connectivity index (χ0) is 21.5. The van der Waals surface area contributed by atoms with Gasteiger partial charge in [-0.1, -0.05) is 46.8 Å². The zero-order valence-corrected chi connectivity index (χ0v) is 22.4. The van der Waals surface area contributed by atoms with Crippen molar-refractivity contribution in [3.05, 3.63) is 29.8 Å². The monoisotopic (exact) mass is 540 g/mol. The average molecular weight is 541 g/mol. The standard InChI is InChI=1S/C25H40N4O.HI/c1-24(2,3)17-7-9-19(10-8-17)29-14-11-18(12-15-29)27-23(26-6)28-21-20-13-16-30-22(20)25(21,4)5;/h7-10,18,20-22H,11-16H2,1-6H3,(H2,26,27,28);1H. The van der Waals surface area contributed by atoms with Gasteiger partial charge in [0.25, 0.3) is 0 Å². The van der Waals surface area contributed by atoms with Gasteiger partial charge in [0.2, 0.25) is 0 Å². The number of rotatable bonds is 3. The van der Waals surface area contributed by atoms with Crippen molar-refractivity contribution in [3.8, 4) is 0 Å². The van der Waals surface area contributed by atoms with Gasteiger partial charge in [-0.3, -0.25) is 4.99 Å². The molecule has 2 saturated heterocycles. The summed E-state index contributed by atoms with van der Waals surface area (Å²) in [7, 11) is 1.88. The molecular weight excluding hydrogens is 499 g/mol. The molecule has 0 aromatic heterocycles. The van der Waals surface area contributed by atoms with Crippen LogP contribution in [-0.4, -0.2) is 50.9 Å². The molecule has 3 atom stereocenters. The number of ether oxygens (including phenoxy) is 1. The molecule has 6 heteroatoms. The van der Waals surface area contributed by atoms with Gasteiger partial charge >= 0.3 is 0 Å². The molecule has 0 spiro atoms. The van der Waals surface area contributed by atoms with Crippen LogP contribution in [0.4, 0.5) is 5.69 Å². The van der Waals surface area contributed by atoms with E-state index in [1.165, 1.54) is 11.3 Å². The molecule has 0 amide bonds. The molecule has 3 aliphatic rings. The largest absolute Gasteiger partial charge is 0.377 e. The molecule has 2 heterocycles. The van der Waals surface area contributed by atoms with Crippen LogP contribution in [0.2, 0.25) is 0 Å².